The second-order valence-corrected chi connectivity index (χ2v) is 10.6. The van der Waals surface area contributed by atoms with Gasteiger partial charge in [-0.05, 0) is 42.4 Å². The van der Waals surface area contributed by atoms with Crippen molar-refractivity contribution in [1.82, 2.24) is 20.9 Å². The molecule has 0 radical (unpaired) electrons. The molecule has 2 saturated heterocycles. The fourth-order valence-electron chi connectivity index (χ4n) is 5.53. The van der Waals surface area contributed by atoms with Crippen molar-refractivity contribution in [2.24, 2.45) is 29.1 Å². The number of amides is 4. The molecule has 34 heavy (non-hydrogen) atoms. The molecule has 11 heteroatoms. The number of hydrogen-bond donors (Lipinski definition) is 3. The molecule has 0 aromatic rings. The van der Waals surface area contributed by atoms with E-state index in [1.807, 2.05) is 13.8 Å². The van der Waals surface area contributed by atoms with E-state index in [4.69, 9.17) is 0 Å². The first-order valence-corrected chi connectivity index (χ1v) is 11.8. The van der Waals surface area contributed by atoms with Gasteiger partial charge in [-0.25, -0.2) is 0 Å². The van der Waals surface area contributed by atoms with Crippen LogP contribution in [0.4, 0.5) is 8.78 Å². The van der Waals surface area contributed by atoms with Crippen LogP contribution in [0, 0.1) is 29.1 Å². The standard InChI is InChI=1S/C23H34F2N4O5/c1-11(2)7-15(28-21(33)18(24)25)22(34)29-9-14-16(23(14,3)4)17(29)20(32)27-13(10-30)8-12-5-6-26-19(12)31/h10-18H,5-9H2,1-4H3,(H,26,31)(H,27,32)(H,28,33)/t12-,13-,14-,15-,16-,17-/m0/s1. The predicted octanol–water partition coefficient (Wildman–Crippen LogP) is 0.475. The number of halogens is 2. The van der Waals surface area contributed by atoms with Crippen molar-refractivity contribution >= 4 is 29.9 Å². The molecule has 0 spiro atoms. The minimum absolute atomic E-state index is 0.0491. The lowest BCUT2D eigenvalue weighted by Crippen LogP contribution is -2.57. The molecular weight excluding hydrogens is 450 g/mol. The van der Waals surface area contributed by atoms with Crippen LogP contribution in [0.5, 0.6) is 0 Å². The topological polar surface area (TPSA) is 125 Å². The van der Waals surface area contributed by atoms with Crippen molar-refractivity contribution in [3.8, 4) is 0 Å². The number of likely N-dealkylation sites (tertiary alicyclic amines) is 1. The van der Waals surface area contributed by atoms with Crippen LogP contribution in [0.2, 0.25) is 0 Å². The number of piperidine rings is 1. The summed E-state index contributed by atoms with van der Waals surface area (Å²) in [5, 5.41) is 7.51. The first kappa shape index (κ1) is 26.0. The minimum atomic E-state index is -3.26. The van der Waals surface area contributed by atoms with E-state index in [0.717, 1.165) is 0 Å². The molecule has 3 rings (SSSR count). The molecule has 2 heterocycles. The summed E-state index contributed by atoms with van der Waals surface area (Å²) in [6, 6.07) is -2.95. The lowest BCUT2D eigenvalue weighted by atomic mass is 9.96. The van der Waals surface area contributed by atoms with Gasteiger partial charge in [-0.3, -0.25) is 19.2 Å². The highest BCUT2D eigenvalue weighted by molar-refractivity contribution is 5.94. The first-order valence-electron chi connectivity index (χ1n) is 11.8. The number of nitrogens with one attached hydrogen (secondary N) is 3. The molecule has 3 aliphatic rings. The normalized spacial score (nSPS) is 28.8. The Morgan fingerprint density at radius 1 is 1.24 bits per heavy atom. The first-order chi connectivity index (χ1) is 15.9. The summed E-state index contributed by atoms with van der Waals surface area (Å²) in [6.07, 6.45) is -1.78. The van der Waals surface area contributed by atoms with Gasteiger partial charge in [0.15, 0.2) is 0 Å². The Morgan fingerprint density at radius 2 is 1.91 bits per heavy atom. The molecule has 3 N–H and O–H groups in total. The number of rotatable bonds is 10. The Labute approximate surface area is 197 Å². The Balaban J connectivity index is 1.76. The summed E-state index contributed by atoms with van der Waals surface area (Å²) in [6.45, 7) is 8.39. The van der Waals surface area contributed by atoms with Crippen molar-refractivity contribution in [1.29, 1.82) is 0 Å². The van der Waals surface area contributed by atoms with E-state index in [1.165, 1.54) is 4.90 Å². The van der Waals surface area contributed by atoms with Gasteiger partial charge < -0.3 is 25.6 Å². The van der Waals surface area contributed by atoms with E-state index in [2.05, 4.69) is 16.0 Å². The number of alkyl halides is 2. The molecule has 3 fully saturated rings. The molecule has 2 aliphatic heterocycles. The fraction of sp³-hybridized carbons (Fsp3) is 0.783. The van der Waals surface area contributed by atoms with E-state index < -0.39 is 42.3 Å². The quantitative estimate of drug-likeness (QED) is 0.389. The van der Waals surface area contributed by atoms with Crippen molar-refractivity contribution in [2.75, 3.05) is 13.1 Å². The summed E-state index contributed by atoms with van der Waals surface area (Å²) in [7, 11) is 0. The van der Waals surface area contributed by atoms with E-state index in [1.54, 1.807) is 13.8 Å². The molecule has 0 bridgehead atoms. The smallest absolute Gasteiger partial charge is 0.315 e. The third-order valence-electron chi connectivity index (χ3n) is 7.47. The van der Waals surface area contributed by atoms with Gasteiger partial charge in [0, 0.05) is 19.0 Å². The summed E-state index contributed by atoms with van der Waals surface area (Å²) < 4.78 is 25.7. The molecule has 9 nitrogen and oxygen atoms in total. The van der Waals surface area contributed by atoms with Crippen LogP contribution in [0.15, 0.2) is 0 Å². The van der Waals surface area contributed by atoms with E-state index in [0.29, 0.717) is 19.3 Å². The summed E-state index contributed by atoms with van der Waals surface area (Å²) >= 11 is 0. The van der Waals surface area contributed by atoms with Crippen molar-refractivity contribution in [3.63, 3.8) is 0 Å². The molecule has 1 saturated carbocycles. The summed E-state index contributed by atoms with van der Waals surface area (Å²) in [5.41, 5.74) is -0.194. The van der Waals surface area contributed by atoms with Crippen molar-refractivity contribution in [3.05, 3.63) is 0 Å². The van der Waals surface area contributed by atoms with E-state index in [-0.39, 0.29) is 54.4 Å². The maximum atomic E-state index is 13.4. The molecule has 1 aliphatic carbocycles. The zero-order chi connectivity index (χ0) is 25.4. The Bertz CT molecular complexity index is 849. The number of carbonyl (C=O) groups excluding carboxylic acids is 5. The van der Waals surface area contributed by atoms with E-state index >= 15 is 0 Å². The number of nitrogens with zero attached hydrogens (tertiary/aromatic N) is 1. The fourth-order valence-corrected chi connectivity index (χ4v) is 5.53. The van der Waals surface area contributed by atoms with Crippen LogP contribution in [-0.2, 0) is 24.0 Å². The Kier molecular flexibility index (Phi) is 7.62. The van der Waals surface area contributed by atoms with Crippen LogP contribution in [0.25, 0.3) is 0 Å². The SMILES string of the molecule is CC(C)C[C@H](NC(=O)C(F)F)C(=O)N1C[C@H]2[C@@H]([C@H]1C(=O)N[C@H](C=O)C[C@@H]1CCNC1=O)C2(C)C. The largest absolute Gasteiger partial charge is 0.356 e. The summed E-state index contributed by atoms with van der Waals surface area (Å²) in [4.78, 5) is 63.2. The third-order valence-corrected chi connectivity index (χ3v) is 7.47. The van der Waals surface area contributed by atoms with Gasteiger partial charge in [-0.1, -0.05) is 27.7 Å². The molecular formula is C23H34F2N4O5. The maximum absolute atomic E-state index is 13.4. The number of hydrogen-bond acceptors (Lipinski definition) is 5. The molecule has 190 valence electrons. The highest BCUT2D eigenvalue weighted by Crippen LogP contribution is 2.64. The van der Waals surface area contributed by atoms with Crippen molar-refractivity contribution in [2.45, 2.75) is 71.5 Å². The lowest BCUT2D eigenvalue weighted by molar-refractivity contribution is -0.145. The average molecular weight is 485 g/mol. The van der Waals surface area contributed by atoms with Crippen LogP contribution in [-0.4, -0.2) is 72.5 Å². The predicted molar refractivity (Wildman–Crippen MR) is 117 cm³/mol. The lowest BCUT2D eigenvalue weighted by Gasteiger charge is -2.34. The monoisotopic (exact) mass is 484 g/mol. The van der Waals surface area contributed by atoms with Gasteiger partial charge in [0.1, 0.15) is 18.4 Å². The molecule has 0 aromatic heterocycles. The van der Waals surface area contributed by atoms with Gasteiger partial charge in [0.2, 0.25) is 17.7 Å². The maximum Gasteiger partial charge on any atom is 0.315 e. The van der Waals surface area contributed by atoms with Crippen LogP contribution in [0.1, 0.15) is 47.0 Å². The number of fused-ring (bicyclic) bond motifs is 1. The van der Waals surface area contributed by atoms with Gasteiger partial charge in [0.25, 0.3) is 5.91 Å². The molecule has 0 unspecified atom stereocenters. The third kappa shape index (κ3) is 5.22. The van der Waals surface area contributed by atoms with Gasteiger partial charge in [-0.15, -0.1) is 0 Å². The second-order valence-electron chi connectivity index (χ2n) is 10.6. The van der Waals surface area contributed by atoms with Crippen LogP contribution >= 0.6 is 0 Å². The minimum Gasteiger partial charge on any atom is -0.356 e. The highest BCUT2D eigenvalue weighted by atomic mass is 19.3. The summed E-state index contributed by atoms with van der Waals surface area (Å²) in [5.74, 6) is -3.31. The Morgan fingerprint density at radius 3 is 2.44 bits per heavy atom. The average Bonchev–Trinajstić information content (AvgIpc) is 3.11. The van der Waals surface area contributed by atoms with Gasteiger partial charge in [-0.2, -0.15) is 8.78 Å². The zero-order valence-electron chi connectivity index (χ0n) is 20.0. The van der Waals surface area contributed by atoms with Crippen LogP contribution in [0.3, 0.4) is 0 Å². The van der Waals surface area contributed by atoms with Gasteiger partial charge in [0.05, 0.1) is 6.04 Å². The highest BCUT2D eigenvalue weighted by Gasteiger charge is 2.69. The molecule has 4 amide bonds. The molecule has 6 atom stereocenters. The van der Waals surface area contributed by atoms with Crippen LogP contribution < -0.4 is 16.0 Å². The molecule has 0 aromatic carbocycles. The zero-order valence-corrected chi connectivity index (χ0v) is 20.0. The number of aldehydes is 1. The Hall–Kier alpha value is -2.59. The number of carbonyl (C=O) groups is 5. The second kappa shape index (κ2) is 9.95. The van der Waals surface area contributed by atoms with Crippen molar-refractivity contribution < 1.29 is 32.8 Å². The van der Waals surface area contributed by atoms with Gasteiger partial charge >= 0.3 is 6.43 Å². The van der Waals surface area contributed by atoms with E-state index in [9.17, 15) is 32.8 Å².